The molecule has 0 N–H and O–H groups in total. The van der Waals surface area contributed by atoms with Crippen molar-refractivity contribution >= 4 is 17.7 Å². The first-order valence-electron chi connectivity index (χ1n) is 3.00. The highest BCUT2D eigenvalue weighted by Gasteiger charge is 1.94. The van der Waals surface area contributed by atoms with Crippen LogP contribution >= 0.6 is 11.6 Å². The van der Waals surface area contributed by atoms with Crippen LogP contribution in [0.2, 0.25) is 0 Å². The second-order valence-corrected chi connectivity index (χ2v) is 2.14. The third-order valence-corrected chi connectivity index (χ3v) is 1.53. The zero-order chi connectivity index (χ0) is 7.40. The van der Waals surface area contributed by atoms with Crippen LogP contribution in [0.4, 0.5) is 0 Å². The minimum absolute atomic E-state index is 0.447. The van der Waals surface area contributed by atoms with E-state index in [0.29, 0.717) is 5.88 Å². The van der Waals surface area contributed by atoms with Crippen molar-refractivity contribution in [3.8, 4) is 0 Å². The quantitative estimate of drug-likeness (QED) is 0.595. The van der Waals surface area contributed by atoms with Gasteiger partial charge in [0, 0.05) is 6.20 Å². The number of rotatable bonds is 2. The van der Waals surface area contributed by atoms with Crippen molar-refractivity contribution < 1.29 is 0 Å². The van der Waals surface area contributed by atoms with E-state index in [1.54, 1.807) is 12.3 Å². The average Bonchev–Trinajstić information content (AvgIpc) is 2.04. The Labute approximate surface area is 65.4 Å². The Hall–Kier alpha value is -0.820. The molecule has 1 aromatic heterocycles. The molecule has 0 aromatic carbocycles. The summed E-state index contributed by atoms with van der Waals surface area (Å²) in [6.45, 7) is 3.64. The van der Waals surface area contributed by atoms with Crippen molar-refractivity contribution in [2.75, 3.05) is 0 Å². The Kier molecular flexibility index (Phi) is 2.46. The van der Waals surface area contributed by atoms with Gasteiger partial charge in [-0.15, -0.1) is 11.6 Å². The summed E-state index contributed by atoms with van der Waals surface area (Å²) in [5.74, 6) is 0.447. The number of alkyl halides is 1. The van der Waals surface area contributed by atoms with E-state index in [9.17, 15) is 0 Å². The molecule has 0 amide bonds. The van der Waals surface area contributed by atoms with Gasteiger partial charge in [0.15, 0.2) is 0 Å². The first-order valence-corrected chi connectivity index (χ1v) is 3.54. The van der Waals surface area contributed by atoms with Gasteiger partial charge in [-0.25, -0.2) is 0 Å². The van der Waals surface area contributed by atoms with Gasteiger partial charge in [0.25, 0.3) is 0 Å². The molecule has 1 rings (SSSR count). The molecule has 0 spiro atoms. The molecule has 52 valence electrons. The van der Waals surface area contributed by atoms with Gasteiger partial charge < -0.3 is 0 Å². The number of halogens is 1. The predicted octanol–water partition coefficient (Wildman–Crippen LogP) is 2.46. The summed E-state index contributed by atoms with van der Waals surface area (Å²) in [6, 6.07) is 3.81. The van der Waals surface area contributed by atoms with Crippen LogP contribution < -0.4 is 0 Å². The summed E-state index contributed by atoms with van der Waals surface area (Å²) in [5, 5.41) is 0. The van der Waals surface area contributed by atoms with Gasteiger partial charge in [-0.3, -0.25) is 4.98 Å². The van der Waals surface area contributed by atoms with Gasteiger partial charge in [0.05, 0.1) is 11.6 Å². The SMILES string of the molecule is C=Cc1cccnc1CCl. The predicted molar refractivity (Wildman–Crippen MR) is 43.9 cm³/mol. The fourth-order valence-electron chi connectivity index (χ4n) is 0.748. The van der Waals surface area contributed by atoms with E-state index in [2.05, 4.69) is 11.6 Å². The van der Waals surface area contributed by atoms with E-state index in [-0.39, 0.29) is 0 Å². The van der Waals surface area contributed by atoms with Gasteiger partial charge in [-0.2, -0.15) is 0 Å². The molecule has 2 heteroatoms. The molecule has 0 unspecified atom stereocenters. The van der Waals surface area contributed by atoms with Crippen molar-refractivity contribution in [3.63, 3.8) is 0 Å². The van der Waals surface area contributed by atoms with Crippen molar-refractivity contribution in [2.24, 2.45) is 0 Å². The molecule has 0 saturated heterocycles. The number of pyridine rings is 1. The van der Waals surface area contributed by atoms with Crippen molar-refractivity contribution in [2.45, 2.75) is 5.88 Å². The van der Waals surface area contributed by atoms with Gasteiger partial charge in [0.2, 0.25) is 0 Å². The van der Waals surface area contributed by atoms with Crippen LogP contribution in [-0.2, 0) is 5.88 Å². The van der Waals surface area contributed by atoms with Gasteiger partial charge in [-0.05, 0) is 11.6 Å². The number of hydrogen-bond acceptors (Lipinski definition) is 1. The van der Waals surface area contributed by atoms with Crippen molar-refractivity contribution in [3.05, 3.63) is 36.2 Å². The Balaban J connectivity index is 3.08. The maximum atomic E-state index is 5.60. The molecule has 0 radical (unpaired) electrons. The molecule has 0 aliphatic rings. The second kappa shape index (κ2) is 3.37. The zero-order valence-electron chi connectivity index (χ0n) is 5.55. The second-order valence-electron chi connectivity index (χ2n) is 1.88. The van der Waals surface area contributed by atoms with Crippen LogP contribution in [0.3, 0.4) is 0 Å². The van der Waals surface area contributed by atoms with Crippen LogP contribution in [0.1, 0.15) is 11.3 Å². The summed E-state index contributed by atoms with van der Waals surface area (Å²) in [6.07, 6.45) is 3.48. The highest BCUT2D eigenvalue weighted by molar-refractivity contribution is 6.17. The topological polar surface area (TPSA) is 12.9 Å². The molecule has 0 saturated carbocycles. The summed E-state index contributed by atoms with van der Waals surface area (Å²) in [7, 11) is 0. The smallest absolute Gasteiger partial charge is 0.0653 e. The Morgan fingerprint density at radius 2 is 2.50 bits per heavy atom. The van der Waals surface area contributed by atoms with Crippen molar-refractivity contribution in [1.82, 2.24) is 4.98 Å². The monoisotopic (exact) mass is 153 g/mol. The van der Waals surface area contributed by atoms with E-state index < -0.39 is 0 Å². The molecular weight excluding hydrogens is 146 g/mol. The maximum Gasteiger partial charge on any atom is 0.0653 e. The lowest BCUT2D eigenvalue weighted by Gasteiger charge is -1.97. The lowest BCUT2D eigenvalue weighted by atomic mass is 10.2. The van der Waals surface area contributed by atoms with E-state index in [1.165, 1.54) is 0 Å². The molecule has 0 fully saturated rings. The normalized spacial score (nSPS) is 9.30. The third-order valence-electron chi connectivity index (χ3n) is 1.27. The van der Waals surface area contributed by atoms with E-state index in [0.717, 1.165) is 11.3 Å². The fraction of sp³-hybridized carbons (Fsp3) is 0.125. The molecule has 0 bridgehead atoms. The molecule has 0 atom stereocenters. The molecule has 1 nitrogen and oxygen atoms in total. The molecule has 1 heterocycles. The molecular formula is C8H8ClN. The number of aromatic nitrogens is 1. The van der Waals surface area contributed by atoms with Crippen LogP contribution in [0.5, 0.6) is 0 Å². The zero-order valence-corrected chi connectivity index (χ0v) is 6.30. The summed E-state index contributed by atoms with van der Waals surface area (Å²) in [5.41, 5.74) is 1.90. The summed E-state index contributed by atoms with van der Waals surface area (Å²) < 4.78 is 0. The Bertz CT molecular complexity index is 232. The Morgan fingerprint density at radius 3 is 3.00 bits per heavy atom. The van der Waals surface area contributed by atoms with Crippen LogP contribution in [0.15, 0.2) is 24.9 Å². The minimum atomic E-state index is 0.447. The highest BCUT2D eigenvalue weighted by Crippen LogP contribution is 2.08. The van der Waals surface area contributed by atoms with Crippen LogP contribution in [0, 0.1) is 0 Å². The van der Waals surface area contributed by atoms with Gasteiger partial charge in [-0.1, -0.05) is 18.7 Å². The van der Waals surface area contributed by atoms with E-state index in [4.69, 9.17) is 11.6 Å². The number of nitrogens with zero attached hydrogens (tertiary/aromatic N) is 1. The first kappa shape index (κ1) is 7.29. The van der Waals surface area contributed by atoms with Crippen molar-refractivity contribution in [1.29, 1.82) is 0 Å². The average molecular weight is 154 g/mol. The first-order chi connectivity index (χ1) is 4.88. The lowest BCUT2D eigenvalue weighted by molar-refractivity contribution is 1.16. The molecule has 1 aromatic rings. The van der Waals surface area contributed by atoms with E-state index >= 15 is 0 Å². The van der Waals surface area contributed by atoms with Gasteiger partial charge >= 0.3 is 0 Å². The lowest BCUT2D eigenvalue weighted by Crippen LogP contribution is -1.87. The van der Waals surface area contributed by atoms with Crippen LogP contribution in [0.25, 0.3) is 6.08 Å². The van der Waals surface area contributed by atoms with Gasteiger partial charge in [0.1, 0.15) is 0 Å². The fourth-order valence-corrected chi connectivity index (χ4v) is 0.971. The minimum Gasteiger partial charge on any atom is -0.259 e. The largest absolute Gasteiger partial charge is 0.259 e. The number of hydrogen-bond donors (Lipinski definition) is 0. The molecule has 10 heavy (non-hydrogen) atoms. The summed E-state index contributed by atoms with van der Waals surface area (Å²) >= 11 is 5.60. The molecule has 0 aliphatic carbocycles. The van der Waals surface area contributed by atoms with Crippen LogP contribution in [-0.4, -0.2) is 4.98 Å². The maximum absolute atomic E-state index is 5.60. The highest BCUT2D eigenvalue weighted by atomic mass is 35.5. The standard InChI is InChI=1S/C8H8ClN/c1-2-7-4-3-5-10-8(7)6-9/h2-5H,1,6H2. The Morgan fingerprint density at radius 1 is 1.70 bits per heavy atom. The third kappa shape index (κ3) is 1.36. The van der Waals surface area contributed by atoms with E-state index in [1.807, 2.05) is 12.1 Å². The molecule has 0 aliphatic heterocycles. The summed E-state index contributed by atoms with van der Waals surface area (Å²) in [4.78, 5) is 4.06.